The number of hydrogen-bond donors (Lipinski definition) is 1. The molecule has 10 heteroatoms. The van der Waals surface area contributed by atoms with Crippen molar-refractivity contribution in [1.29, 1.82) is 0 Å². The van der Waals surface area contributed by atoms with Crippen molar-refractivity contribution in [2.75, 3.05) is 18.8 Å². The Balaban J connectivity index is 1.54. The summed E-state index contributed by atoms with van der Waals surface area (Å²) in [6.45, 7) is 6.64. The molecule has 3 atom stereocenters. The number of likely N-dealkylation sites (tertiary alicyclic amines) is 1. The molecule has 0 bridgehead atoms. The molecular weight excluding hydrogens is 492 g/mol. The van der Waals surface area contributed by atoms with E-state index in [0.717, 1.165) is 0 Å². The van der Waals surface area contributed by atoms with Crippen molar-refractivity contribution >= 4 is 40.5 Å². The summed E-state index contributed by atoms with van der Waals surface area (Å²) < 4.78 is 26.2. The molecule has 2 aromatic heterocycles. The highest BCUT2D eigenvalue weighted by atomic mass is 35.5. The number of fused-ring (bicyclic) bond motifs is 3. The first-order chi connectivity index (χ1) is 19.0. The van der Waals surface area contributed by atoms with Crippen molar-refractivity contribution in [2.45, 2.75) is 50.2 Å². The lowest BCUT2D eigenvalue weighted by Crippen LogP contribution is -2.51. The monoisotopic (exact) mass is 521 g/mol. The molecular formula is C27H27ClN6O3. The van der Waals surface area contributed by atoms with Crippen molar-refractivity contribution in [3.63, 3.8) is 0 Å². The SMILES string of the molecule is [2H]C([2H])([2H])N(C(=O)c1cnn2cc(Cl)ccc12)[C@@H](CCCC)C(=O)N1C[C@]2(C[C@H]1[N+]#[C-])C(=O)Nc1ccccc12. The molecule has 0 saturated carbocycles. The van der Waals surface area contributed by atoms with E-state index in [0.29, 0.717) is 39.5 Å². The number of carbonyl (C=O) groups excluding carboxylic acids is 3. The van der Waals surface area contributed by atoms with Gasteiger partial charge in [-0.3, -0.25) is 24.1 Å². The van der Waals surface area contributed by atoms with Gasteiger partial charge in [-0.25, -0.2) is 11.1 Å². The van der Waals surface area contributed by atoms with Gasteiger partial charge in [0, 0.05) is 29.5 Å². The van der Waals surface area contributed by atoms with Gasteiger partial charge in [0.05, 0.1) is 28.7 Å². The first-order valence-corrected chi connectivity index (χ1v) is 12.4. The highest BCUT2D eigenvalue weighted by molar-refractivity contribution is 6.30. The van der Waals surface area contributed by atoms with Crippen LogP contribution in [0.4, 0.5) is 5.69 Å². The largest absolute Gasteiger partial charge is 0.330 e. The number of pyridine rings is 1. The molecule has 1 spiro atoms. The number of nitrogens with zero attached hydrogens (tertiary/aromatic N) is 5. The summed E-state index contributed by atoms with van der Waals surface area (Å²) in [5.74, 6) is -1.87. The molecule has 1 aromatic carbocycles. The molecule has 3 aromatic rings. The summed E-state index contributed by atoms with van der Waals surface area (Å²) in [4.78, 5) is 46.9. The second-order valence-corrected chi connectivity index (χ2v) is 9.87. The van der Waals surface area contributed by atoms with Crippen LogP contribution in [-0.4, -0.2) is 62.9 Å². The number of amides is 3. The van der Waals surface area contributed by atoms with Gasteiger partial charge in [0.2, 0.25) is 5.91 Å². The lowest BCUT2D eigenvalue weighted by molar-refractivity contribution is -0.136. The minimum Gasteiger partial charge on any atom is -0.330 e. The number of anilines is 1. The molecule has 5 rings (SSSR count). The smallest absolute Gasteiger partial charge is 0.302 e. The van der Waals surface area contributed by atoms with E-state index in [1.54, 1.807) is 36.4 Å². The van der Waals surface area contributed by atoms with E-state index in [1.165, 1.54) is 21.8 Å². The Morgan fingerprint density at radius 2 is 2.19 bits per heavy atom. The lowest BCUT2D eigenvalue weighted by Gasteiger charge is -2.31. The van der Waals surface area contributed by atoms with Crippen LogP contribution < -0.4 is 5.32 Å². The number of carbonyl (C=O) groups is 3. The molecule has 3 amide bonds. The predicted octanol–water partition coefficient (Wildman–Crippen LogP) is 3.99. The van der Waals surface area contributed by atoms with Crippen LogP contribution in [0.3, 0.4) is 0 Å². The minimum absolute atomic E-state index is 0.00538. The zero-order valence-corrected chi connectivity index (χ0v) is 20.9. The molecule has 0 aliphatic carbocycles. The average Bonchev–Trinajstić information content (AvgIpc) is 3.59. The van der Waals surface area contributed by atoms with Crippen LogP contribution in [0.1, 0.15) is 52.6 Å². The van der Waals surface area contributed by atoms with Gasteiger partial charge < -0.3 is 10.2 Å². The zero-order valence-electron chi connectivity index (χ0n) is 23.1. The quantitative estimate of drug-likeness (QED) is 0.497. The summed E-state index contributed by atoms with van der Waals surface area (Å²) in [5, 5.41) is 7.36. The fourth-order valence-corrected chi connectivity index (χ4v) is 5.46. The van der Waals surface area contributed by atoms with Crippen molar-refractivity contribution in [3.8, 4) is 0 Å². The molecule has 9 nitrogen and oxygen atoms in total. The van der Waals surface area contributed by atoms with Gasteiger partial charge in [-0.2, -0.15) is 5.10 Å². The fraction of sp³-hybridized carbons (Fsp3) is 0.370. The molecule has 0 radical (unpaired) electrons. The van der Waals surface area contributed by atoms with E-state index in [1.807, 2.05) is 6.92 Å². The molecule has 1 saturated heterocycles. The Bertz CT molecular complexity index is 1550. The summed E-state index contributed by atoms with van der Waals surface area (Å²) in [6.07, 6.45) is 2.99. The number of aromatic nitrogens is 2. The number of unbranched alkanes of at least 4 members (excludes halogenated alkanes) is 1. The Kier molecular flexibility index (Phi) is 5.46. The number of benzene rings is 1. The van der Waals surface area contributed by atoms with Crippen molar-refractivity contribution in [2.24, 2.45) is 0 Å². The third-order valence-electron chi connectivity index (χ3n) is 7.25. The van der Waals surface area contributed by atoms with Crippen LogP contribution >= 0.6 is 11.6 Å². The van der Waals surface area contributed by atoms with E-state index in [2.05, 4.69) is 15.3 Å². The van der Waals surface area contributed by atoms with Gasteiger partial charge in [-0.15, -0.1) is 0 Å². The number of para-hydroxylation sites is 1. The van der Waals surface area contributed by atoms with Gasteiger partial charge in [-0.1, -0.05) is 49.6 Å². The van der Waals surface area contributed by atoms with Gasteiger partial charge in [-0.05, 0) is 30.2 Å². The zero-order chi connectivity index (χ0) is 28.8. The van der Waals surface area contributed by atoms with E-state index >= 15 is 0 Å². The first kappa shape index (κ1) is 21.2. The lowest BCUT2D eigenvalue weighted by atomic mass is 9.80. The highest BCUT2D eigenvalue weighted by Gasteiger charge is 2.59. The predicted molar refractivity (Wildman–Crippen MR) is 139 cm³/mol. The van der Waals surface area contributed by atoms with Crippen LogP contribution in [0.15, 0.2) is 48.8 Å². The summed E-state index contributed by atoms with van der Waals surface area (Å²) >= 11 is 6.04. The van der Waals surface area contributed by atoms with Crippen molar-refractivity contribution in [3.05, 3.63) is 76.4 Å². The Morgan fingerprint density at radius 1 is 1.38 bits per heavy atom. The van der Waals surface area contributed by atoms with Crippen LogP contribution in [-0.2, 0) is 15.0 Å². The second kappa shape index (κ2) is 9.52. The molecule has 2 aliphatic rings. The minimum atomic E-state index is -2.98. The van der Waals surface area contributed by atoms with Crippen LogP contribution in [0.5, 0.6) is 0 Å². The number of hydrogen-bond acceptors (Lipinski definition) is 4. The number of nitrogens with one attached hydrogen (secondary N) is 1. The maximum atomic E-state index is 14.2. The van der Waals surface area contributed by atoms with E-state index in [9.17, 15) is 14.4 Å². The Hall–Kier alpha value is -3.90. The number of likely N-dealkylation sites (N-methyl/N-ethyl adjacent to an activating group) is 1. The molecule has 1 N–H and O–H groups in total. The van der Waals surface area contributed by atoms with Gasteiger partial charge in [0.1, 0.15) is 11.5 Å². The first-order valence-electron chi connectivity index (χ1n) is 13.6. The van der Waals surface area contributed by atoms with E-state index < -0.39 is 36.4 Å². The van der Waals surface area contributed by atoms with Gasteiger partial charge >= 0.3 is 6.17 Å². The van der Waals surface area contributed by atoms with Crippen molar-refractivity contribution in [1.82, 2.24) is 19.4 Å². The molecule has 37 heavy (non-hydrogen) atoms. The fourth-order valence-electron chi connectivity index (χ4n) is 5.30. The molecule has 190 valence electrons. The molecule has 0 unspecified atom stereocenters. The Morgan fingerprint density at radius 3 is 2.95 bits per heavy atom. The van der Waals surface area contributed by atoms with E-state index in [-0.39, 0.29) is 30.9 Å². The van der Waals surface area contributed by atoms with Crippen LogP contribution in [0.25, 0.3) is 10.4 Å². The second-order valence-electron chi connectivity index (χ2n) is 9.43. The third kappa shape index (κ3) is 4.02. The number of halogens is 1. The summed E-state index contributed by atoms with van der Waals surface area (Å²) in [7, 11) is 0. The third-order valence-corrected chi connectivity index (χ3v) is 7.47. The maximum absolute atomic E-state index is 14.2. The van der Waals surface area contributed by atoms with Crippen LogP contribution in [0.2, 0.25) is 5.02 Å². The van der Waals surface area contributed by atoms with E-state index in [4.69, 9.17) is 22.3 Å². The maximum Gasteiger partial charge on any atom is 0.302 e. The molecule has 1 fully saturated rings. The summed E-state index contributed by atoms with van der Waals surface area (Å²) in [6, 6.07) is 8.87. The van der Waals surface area contributed by atoms with Gasteiger partial charge in [0.25, 0.3) is 11.8 Å². The topological polar surface area (TPSA) is 91.4 Å². The molecule has 4 heterocycles. The Labute approximate surface area is 224 Å². The van der Waals surface area contributed by atoms with Gasteiger partial charge in [0.15, 0.2) is 0 Å². The molecule has 2 aliphatic heterocycles. The summed E-state index contributed by atoms with van der Waals surface area (Å²) in [5.41, 5.74) is 0.533. The highest BCUT2D eigenvalue weighted by Crippen LogP contribution is 2.47. The standard InChI is InChI=1S/C27H27ClN6O3/c1-4-5-10-22(32(3)24(35)18-14-30-34-15-17(28)11-12-21(18)34)25(36)33-16-27(13-23(33)29-2)19-8-6-7-9-20(19)31-26(27)37/h6-9,11-12,14-15,22-23H,4-5,10,13,16H2,1,3H3,(H,31,37)/t22-,23-,27-/m0/s1/i3D3. The normalized spacial score (nSPS) is 22.6. The average molecular weight is 522 g/mol. The van der Waals surface area contributed by atoms with Crippen LogP contribution in [0, 0.1) is 6.57 Å². The number of rotatable bonds is 6. The van der Waals surface area contributed by atoms with Crippen molar-refractivity contribution < 1.29 is 18.5 Å².